The van der Waals surface area contributed by atoms with E-state index >= 15 is 0 Å². The zero-order valence-corrected chi connectivity index (χ0v) is 14.5. The second-order valence-electron chi connectivity index (χ2n) is 6.43. The molecule has 3 aromatic heterocycles. The van der Waals surface area contributed by atoms with Crippen LogP contribution >= 0.6 is 11.3 Å². The van der Waals surface area contributed by atoms with Crippen LogP contribution in [0.2, 0.25) is 0 Å². The molecule has 0 spiro atoms. The smallest absolute Gasteiger partial charge is 0.274 e. The predicted molar refractivity (Wildman–Crippen MR) is 89.3 cm³/mol. The first kappa shape index (κ1) is 15.3. The summed E-state index contributed by atoms with van der Waals surface area (Å²) in [5.41, 5.74) is 0.514. The van der Waals surface area contributed by atoms with Gasteiger partial charge in [0.15, 0.2) is 10.8 Å². The number of imidazole rings is 1. The second kappa shape index (κ2) is 6.01. The molecular weight excluding hydrogens is 326 g/mol. The van der Waals surface area contributed by atoms with Gasteiger partial charge in [0.25, 0.3) is 5.91 Å². The molecule has 1 aliphatic heterocycles. The summed E-state index contributed by atoms with van der Waals surface area (Å²) in [5.74, 6) is 1.95. The van der Waals surface area contributed by atoms with Crippen molar-refractivity contribution < 1.29 is 9.32 Å². The Morgan fingerprint density at radius 2 is 2.12 bits per heavy atom. The van der Waals surface area contributed by atoms with Gasteiger partial charge < -0.3 is 9.42 Å². The molecule has 1 aliphatic rings. The lowest BCUT2D eigenvalue weighted by Crippen LogP contribution is -2.38. The number of hydrogen-bond donors (Lipinski definition) is 0. The Balaban J connectivity index is 1.41. The Labute approximate surface area is 143 Å². The van der Waals surface area contributed by atoms with Crippen molar-refractivity contribution in [2.24, 2.45) is 0 Å². The first-order valence-corrected chi connectivity index (χ1v) is 9.04. The number of thiazole rings is 1. The molecule has 4 rings (SSSR count). The minimum absolute atomic E-state index is 0.00208. The number of piperidine rings is 1. The van der Waals surface area contributed by atoms with Crippen molar-refractivity contribution in [2.75, 3.05) is 13.1 Å². The maximum Gasteiger partial charge on any atom is 0.274 e. The Morgan fingerprint density at radius 3 is 2.79 bits per heavy atom. The molecule has 8 heteroatoms. The minimum Gasteiger partial charge on any atom is -0.339 e. The van der Waals surface area contributed by atoms with Gasteiger partial charge >= 0.3 is 0 Å². The summed E-state index contributed by atoms with van der Waals surface area (Å²) < 4.78 is 7.28. The van der Waals surface area contributed by atoms with Crippen LogP contribution in [0.15, 0.2) is 22.3 Å². The highest BCUT2D eigenvalue weighted by Crippen LogP contribution is 2.28. The van der Waals surface area contributed by atoms with Crippen molar-refractivity contribution in [3.8, 4) is 0 Å². The zero-order valence-electron chi connectivity index (χ0n) is 13.7. The largest absolute Gasteiger partial charge is 0.339 e. The van der Waals surface area contributed by atoms with Crippen LogP contribution in [-0.4, -0.2) is 43.4 Å². The average molecular weight is 345 g/mol. The number of rotatable bonds is 3. The molecule has 0 unspecified atom stereocenters. The van der Waals surface area contributed by atoms with Crippen molar-refractivity contribution in [3.63, 3.8) is 0 Å². The summed E-state index contributed by atoms with van der Waals surface area (Å²) in [6, 6.07) is 0. The minimum atomic E-state index is -0.00208. The van der Waals surface area contributed by atoms with Crippen molar-refractivity contribution in [1.29, 1.82) is 0 Å². The fourth-order valence-electron chi connectivity index (χ4n) is 2.97. The SMILES string of the molecule is CC(C)c1noc(C2CCN(C(=O)c3cn4ccsc4n3)CC2)n1. The van der Waals surface area contributed by atoms with Crippen molar-refractivity contribution >= 4 is 22.2 Å². The van der Waals surface area contributed by atoms with E-state index < -0.39 is 0 Å². The number of fused-ring (bicyclic) bond motifs is 1. The van der Waals surface area contributed by atoms with Gasteiger partial charge in [-0.3, -0.25) is 9.20 Å². The fourth-order valence-corrected chi connectivity index (χ4v) is 3.67. The van der Waals surface area contributed by atoms with Gasteiger partial charge in [-0.15, -0.1) is 11.3 Å². The van der Waals surface area contributed by atoms with Crippen LogP contribution in [0, 0.1) is 0 Å². The molecule has 0 N–H and O–H groups in total. The Bertz CT molecular complexity index is 828. The maximum atomic E-state index is 12.6. The van der Waals surface area contributed by atoms with E-state index in [0.29, 0.717) is 24.7 Å². The number of hydrogen-bond acceptors (Lipinski definition) is 6. The van der Waals surface area contributed by atoms with E-state index in [1.807, 2.05) is 34.7 Å². The Hall–Kier alpha value is -2.22. The normalized spacial score (nSPS) is 16.4. The molecule has 0 aromatic carbocycles. The first-order chi connectivity index (χ1) is 11.6. The van der Waals surface area contributed by atoms with Gasteiger partial charge in [0, 0.05) is 42.7 Å². The third kappa shape index (κ3) is 2.71. The van der Waals surface area contributed by atoms with Crippen molar-refractivity contribution in [3.05, 3.63) is 35.2 Å². The molecule has 3 aromatic rings. The number of likely N-dealkylation sites (tertiary alicyclic amines) is 1. The van der Waals surface area contributed by atoms with Gasteiger partial charge in [-0.25, -0.2) is 4.98 Å². The van der Waals surface area contributed by atoms with Gasteiger partial charge in [0.1, 0.15) is 5.69 Å². The third-order valence-electron chi connectivity index (χ3n) is 4.42. The highest BCUT2D eigenvalue weighted by Gasteiger charge is 2.29. The second-order valence-corrected chi connectivity index (χ2v) is 7.30. The van der Waals surface area contributed by atoms with Gasteiger partial charge in [0.2, 0.25) is 5.89 Å². The standard InChI is InChI=1S/C16H19N5O2S/c1-10(2)13-18-14(23-19-13)11-3-5-20(6-4-11)15(22)12-9-21-7-8-24-16(21)17-12/h7-11H,3-6H2,1-2H3. The molecule has 126 valence electrons. The number of amides is 1. The Kier molecular flexibility index (Phi) is 3.84. The third-order valence-corrected chi connectivity index (χ3v) is 5.19. The van der Waals surface area contributed by atoms with Gasteiger partial charge in [-0.1, -0.05) is 19.0 Å². The van der Waals surface area contributed by atoms with E-state index in [-0.39, 0.29) is 17.7 Å². The molecule has 0 atom stereocenters. The molecule has 4 heterocycles. The summed E-state index contributed by atoms with van der Waals surface area (Å²) in [6.45, 7) is 5.47. The molecule has 1 saturated heterocycles. The molecule has 0 saturated carbocycles. The summed E-state index contributed by atoms with van der Waals surface area (Å²) in [4.78, 5) is 24.2. The van der Waals surface area contributed by atoms with Crippen molar-refractivity contribution in [2.45, 2.75) is 38.5 Å². The fraction of sp³-hybridized carbons (Fsp3) is 0.500. The maximum absolute atomic E-state index is 12.6. The van der Waals surface area contributed by atoms with Crippen LogP contribution in [0.5, 0.6) is 0 Å². The lowest BCUT2D eigenvalue weighted by molar-refractivity contribution is 0.0699. The summed E-state index contributed by atoms with van der Waals surface area (Å²) in [7, 11) is 0. The van der Waals surface area contributed by atoms with Gasteiger partial charge in [0.05, 0.1) is 0 Å². The van der Waals surface area contributed by atoms with E-state index in [4.69, 9.17) is 4.52 Å². The molecule has 1 amide bonds. The van der Waals surface area contributed by atoms with Gasteiger partial charge in [-0.2, -0.15) is 4.98 Å². The number of nitrogens with zero attached hydrogens (tertiary/aromatic N) is 5. The summed E-state index contributed by atoms with van der Waals surface area (Å²) in [5, 5.41) is 5.99. The van der Waals surface area contributed by atoms with Crippen LogP contribution in [0.4, 0.5) is 0 Å². The van der Waals surface area contributed by atoms with Crippen LogP contribution in [-0.2, 0) is 0 Å². The molecule has 0 radical (unpaired) electrons. The summed E-state index contributed by atoms with van der Waals surface area (Å²) in [6.07, 6.45) is 5.40. The first-order valence-electron chi connectivity index (χ1n) is 8.17. The number of carbonyl (C=O) groups excluding carboxylic acids is 1. The van der Waals surface area contributed by atoms with Crippen LogP contribution in [0.25, 0.3) is 4.96 Å². The van der Waals surface area contributed by atoms with Crippen molar-refractivity contribution in [1.82, 2.24) is 24.4 Å². The topological polar surface area (TPSA) is 76.5 Å². The lowest BCUT2D eigenvalue weighted by Gasteiger charge is -2.29. The number of aromatic nitrogens is 4. The average Bonchev–Trinajstić information content (AvgIpc) is 3.29. The van der Waals surface area contributed by atoms with Crippen LogP contribution in [0.3, 0.4) is 0 Å². The molecule has 0 bridgehead atoms. The summed E-state index contributed by atoms with van der Waals surface area (Å²) >= 11 is 1.53. The van der Waals surface area contributed by atoms with E-state index in [2.05, 4.69) is 15.1 Å². The number of carbonyl (C=O) groups is 1. The molecule has 7 nitrogen and oxygen atoms in total. The Morgan fingerprint density at radius 1 is 1.33 bits per heavy atom. The van der Waals surface area contributed by atoms with Gasteiger partial charge in [-0.05, 0) is 12.8 Å². The zero-order chi connectivity index (χ0) is 16.7. The quantitative estimate of drug-likeness (QED) is 0.729. The molecule has 24 heavy (non-hydrogen) atoms. The van der Waals surface area contributed by atoms with Crippen LogP contribution < -0.4 is 0 Å². The predicted octanol–water partition coefficient (Wildman–Crippen LogP) is 2.92. The van der Waals surface area contributed by atoms with E-state index in [1.54, 1.807) is 6.20 Å². The molecule has 0 aliphatic carbocycles. The van der Waals surface area contributed by atoms with E-state index in [9.17, 15) is 4.79 Å². The highest BCUT2D eigenvalue weighted by atomic mass is 32.1. The lowest BCUT2D eigenvalue weighted by atomic mass is 9.96. The molecule has 1 fully saturated rings. The highest BCUT2D eigenvalue weighted by molar-refractivity contribution is 7.15. The molecular formula is C16H19N5O2S. The van der Waals surface area contributed by atoms with E-state index in [0.717, 1.165) is 23.6 Å². The van der Waals surface area contributed by atoms with E-state index in [1.165, 1.54) is 11.3 Å². The van der Waals surface area contributed by atoms with Crippen LogP contribution in [0.1, 0.15) is 60.7 Å². The monoisotopic (exact) mass is 345 g/mol.